The molecule has 0 radical (unpaired) electrons. The number of aryl methyl sites for hydroxylation is 2. The van der Waals surface area contributed by atoms with E-state index in [1.165, 1.54) is 0 Å². The first-order valence-corrected chi connectivity index (χ1v) is 5.93. The maximum atomic E-state index is 6.10. The van der Waals surface area contributed by atoms with Crippen LogP contribution in [0.3, 0.4) is 0 Å². The minimum atomic E-state index is 0.0767. The van der Waals surface area contributed by atoms with Crippen LogP contribution in [0.25, 0.3) is 0 Å². The Labute approximate surface area is 115 Å². The lowest BCUT2D eigenvalue weighted by Crippen LogP contribution is -2.10. The van der Waals surface area contributed by atoms with Gasteiger partial charge in [-0.1, -0.05) is 11.6 Å². The summed E-state index contributed by atoms with van der Waals surface area (Å²) in [7, 11) is 0. The minimum absolute atomic E-state index is 0.0767. The van der Waals surface area contributed by atoms with E-state index in [9.17, 15) is 0 Å². The molecule has 5 N–H and O–H groups in total. The third-order valence-corrected chi connectivity index (χ3v) is 3.10. The first kappa shape index (κ1) is 13.4. The maximum Gasteiger partial charge on any atom is 0.226 e. The summed E-state index contributed by atoms with van der Waals surface area (Å²) in [5.41, 5.74) is 9.80. The second-order valence-corrected chi connectivity index (χ2v) is 4.45. The summed E-state index contributed by atoms with van der Waals surface area (Å²) in [4.78, 5) is 7.85. The standard InChI is InChI=1S/C12H14ClN5O/c1-6-3-8(4-7(2)11(6)13)19-10-5-9(18-15)16-12(14)17-10/h3-5H,15H2,1-2H3,(H3,14,16,17,18). The summed E-state index contributed by atoms with van der Waals surface area (Å²) >= 11 is 6.10. The van der Waals surface area contributed by atoms with Crippen molar-refractivity contribution in [1.29, 1.82) is 0 Å². The van der Waals surface area contributed by atoms with Gasteiger partial charge in [-0.25, -0.2) is 5.84 Å². The molecule has 0 unspecified atom stereocenters. The van der Waals surface area contributed by atoms with Gasteiger partial charge in [0.2, 0.25) is 11.8 Å². The zero-order chi connectivity index (χ0) is 14.0. The number of nitrogen functional groups attached to an aromatic ring is 2. The number of rotatable bonds is 3. The fourth-order valence-corrected chi connectivity index (χ4v) is 1.76. The van der Waals surface area contributed by atoms with Gasteiger partial charge in [0, 0.05) is 11.1 Å². The van der Waals surface area contributed by atoms with Gasteiger partial charge in [0.25, 0.3) is 0 Å². The molecule has 1 heterocycles. The molecule has 100 valence electrons. The molecule has 2 aromatic rings. The zero-order valence-corrected chi connectivity index (χ0v) is 11.3. The molecule has 0 bridgehead atoms. The molecule has 0 aliphatic rings. The average molecular weight is 280 g/mol. The number of ether oxygens (including phenoxy) is 1. The van der Waals surface area contributed by atoms with Gasteiger partial charge in [-0.15, -0.1) is 0 Å². The van der Waals surface area contributed by atoms with E-state index >= 15 is 0 Å². The average Bonchev–Trinajstić information content (AvgIpc) is 2.35. The summed E-state index contributed by atoms with van der Waals surface area (Å²) in [6.07, 6.45) is 0. The molecule has 6 nitrogen and oxygen atoms in total. The van der Waals surface area contributed by atoms with E-state index in [2.05, 4.69) is 15.4 Å². The van der Waals surface area contributed by atoms with Gasteiger partial charge in [0.05, 0.1) is 0 Å². The molecule has 0 fully saturated rings. The first-order valence-electron chi connectivity index (χ1n) is 5.55. The number of hydrazine groups is 1. The lowest BCUT2D eigenvalue weighted by molar-refractivity contribution is 0.462. The molecule has 7 heteroatoms. The number of nitrogens with two attached hydrogens (primary N) is 2. The van der Waals surface area contributed by atoms with Crippen molar-refractivity contribution in [1.82, 2.24) is 9.97 Å². The van der Waals surface area contributed by atoms with E-state index in [-0.39, 0.29) is 5.95 Å². The first-order chi connectivity index (χ1) is 8.99. The molecule has 0 atom stereocenters. The Morgan fingerprint density at radius 2 is 1.79 bits per heavy atom. The van der Waals surface area contributed by atoms with Crippen LogP contribution in [0, 0.1) is 13.8 Å². The van der Waals surface area contributed by atoms with Crippen LogP contribution in [0.15, 0.2) is 18.2 Å². The van der Waals surface area contributed by atoms with Crippen molar-refractivity contribution in [3.05, 3.63) is 34.3 Å². The van der Waals surface area contributed by atoms with E-state index in [1.807, 2.05) is 26.0 Å². The number of nitrogens with one attached hydrogen (secondary N) is 1. The number of halogens is 1. The maximum absolute atomic E-state index is 6.10. The van der Waals surface area contributed by atoms with Crippen molar-refractivity contribution in [2.45, 2.75) is 13.8 Å². The van der Waals surface area contributed by atoms with Crippen molar-refractivity contribution < 1.29 is 4.74 Å². The van der Waals surface area contributed by atoms with Crippen LogP contribution < -0.4 is 21.7 Å². The third kappa shape index (κ3) is 3.04. The van der Waals surface area contributed by atoms with Crippen LogP contribution in [0.4, 0.5) is 11.8 Å². The van der Waals surface area contributed by atoms with Crippen LogP contribution in [0.5, 0.6) is 11.6 Å². The molecule has 0 spiro atoms. The fraction of sp³-hybridized carbons (Fsp3) is 0.167. The van der Waals surface area contributed by atoms with Gasteiger partial charge in [-0.05, 0) is 37.1 Å². The highest BCUT2D eigenvalue weighted by Gasteiger charge is 2.07. The third-order valence-electron chi connectivity index (χ3n) is 2.50. The van der Waals surface area contributed by atoms with Crippen LogP contribution >= 0.6 is 11.6 Å². The summed E-state index contributed by atoms with van der Waals surface area (Å²) in [5, 5.41) is 0.721. The minimum Gasteiger partial charge on any atom is -0.439 e. The largest absolute Gasteiger partial charge is 0.439 e. The van der Waals surface area contributed by atoms with Crippen molar-refractivity contribution in [3.8, 4) is 11.6 Å². The molecule has 19 heavy (non-hydrogen) atoms. The molecular formula is C12H14ClN5O. The van der Waals surface area contributed by atoms with Crippen LogP contribution in [-0.2, 0) is 0 Å². The molecule has 0 aliphatic carbocycles. The van der Waals surface area contributed by atoms with E-state index in [0.29, 0.717) is 17.4 Å². The monoisotopic (exact) mass is 279 g/mol. The lowest BCUT2D eigenvalue weighted by atomic mass is 10.1. The van der Waals surface area contributed by atoms with E-state index < -0.39 is 0 Å². The van der Waals surface area contributed by atoms with Crippen LogP contribution in [0.2, 0.25) is 5.02 Å². The van der Waals surface area contributed by atoms with E-state index in [0.717, 1.165) is 16.1 Å². The van der Waals surface area contributed by atoms with Gasteiger partial charge in [0.15, 0.2) is 0 Å². The van der Waals surface area contributed by atoms with Crippen molar-refractivity contribution >= 4 is 23.4 Å². The predicted molar refractivity (Wildman–Crippen MR) is 75.3 cm³/mol. The number of benzene rings is 1. The molecule has 1 aromatic carbocycles. The van der Waals surface area contributed by atoms with Gasteiger partial charge in [-0.2, -0.15) is 9.97 Å². The predicted octanol–water partition coefficient (Wildman–Crippen LogP) is 2.41. The van der Waals surface area contributed by atoms with Gasteiger partial charge in [0.1, 0.15) is 11.6 Å². The van der Waals surface area contributed by atoms with Crippen LogP contribution in [0.1, 0.15) is 11.1 Å². The second kappa shape index (κ2) is 5.29. The quantitative estimate of drug-likeness (QED) is 0.589. The molecule has 2 rings (SSSR count). The summed E-state index contributed by atoms with van der Waals surface area (Å²) < 4.78 is 5.63. The fourth-order valence-electron chi connectivity index (χ4n) is 1.65. The van der Waals surface area contributed by atoms with E-state index in [1.54, 1.807) is 6.07 Å². The number of nitrogens with zero attached hydrogens (tertiary/aromatic N) is 2. The number of aromatic nitrogens is 2. The highest BCUT2D eigenvalue weighted by Crippen LogP contribution is 2.29. The Hall–Kier alpha value is -2.05. The highest BCUT2D eigenvalue weighted by molar-refractivity contribution is 6.32. The Kier molecular flexibility index (Phi) is 3.73. The number of hydrogen-bond acceptors (Lipinski definition) is 6. The number of anilines is 2. The Balaban J connectivity index is 2.33. The highest BCUT2D eigenvalue weighted by atomic mass is 35.5. The van der Waals surface area contributed by atoms with Crippen LogP contribution in [-0.4, -0.2) is 9.97 Å². The Morgan fingerprint density at radius 3 is 2.37 bits per heavy atom. The molecule has 0 saturated carbocycles. The molecule has 1 aromatic heterocycles. The van der Waals surface area contributed by atoms with E-state index in [4.69, 9.17) is 27.9 Å². The molecule has 0 amide bonds. The molecule has 0 aliphatic heterocycles. The SMILES string of the molecule is Cc1cc(Oc2cc(NN)nc(N)n2)cc(C)c1Cl. The van der Waals surface area contributed by atoms with Crippen molar-refractivity contribution in [3.63, 3.8) is 0 Å². The van der Waals surface area contributed by atoms with Gasteiger partial charge in [-0.3, -0.25) is 0 Å². The molecular weight excluding hydrogens is 266 g/mol. The van der Waals surface area contributed by atoms with Crippen molar-refractivity contribution in [2.24, 2.45) is 5.84 Å². The van der Waals surface area contributed by atoms with Gasteiger partial charge >= 0.3 is 0 Å². The summed E-state index contributed by atoms with van der Waals surface area (Å²) in [6, 6.07) is 5.20. The summed E-state index contributed by atoms with van der Waals surface area (Å²) in [6.45, 7) is 3.81. The second-order valence-electron chi connectivity index (χ2n) is 4.07. The number of hydrogen-bond donors (Lipinski definition) is 3. The zero-order valence-electron chi connectivity index (χ0n) is 10.6. The topological polar surface area (TPSA) is 99.1 Å². The lowest BCUT2D eigenvalue weighted by Gasteiger charge is -2.10. The summed E-state index contributed by atoms with van der Waals surface area (Å²) in [5.74, 6) is 6.67. The Morgan fingerprint density at radius 1 is 1.16 bits per heavy atom. The Bertz CT molecular complexity index is 594. The van der Waals surface area contributed by atoms with Crippen molar-refractivity contribution in [2.75, 3.05) is 11.2 Å². The molecule has 0 saturated heterocycles. The van der Waals surface area contributed by atoms with Gasteiger partial charge < -0.3 is 15.9 Å². The normalized spacial score (nSPS) is 10.3. The smallest absolute Gasteiger partial charge is 0.226 e.